The molecule has 30 heavy (non-hydrogen) atoms. The van der Waals surface area contributed by atoms with Crippen LogP contribution in [0.1, 0.15) is 5.56 Å². The van der Waals surface area contributed by atoms with Crippen LogP contribution in [-0.2, 0) is 5.75 Å². The zero-order valence-corrected chi connectivity index (χ0v) is 17.0. The maximum Gasteiger partial charge on any atom is 0.269 e. The molecule has 1 heterocycles. The normalized spacial score (nSPS) is 10.7. The van der Waals surface area contributed by atoms with Crippen LogP contribution in [0.15, 0.2) is 84.0 Å². The fourth-order valence-electron chi connectivity index (χ4n) is 3.00. The van der Waals surface area contributed by atoms with Crippen LogP contribution in [0.4, 0.5) is 5.69 Å². The van der Waals surface area contributed by atoms with Gasteiger partial charge in [0, 0.05) is 29.1 Å². The Kier molecular flexibility index (Phi) is 5.76. The molecule has 0 aliphatic rings. The van der Waals surface area contributed by atoms with Crippen LogP contribution in [0, 0.1) is 10.1 Å². The highest BCUT2D eigenvalue weighted by Gasteiger charge is 2.17. The summed E-state index contributed by atoms with van der Waals surface area (Å²) < 4.78 is 7.26. The number of nitro benzene ring substituents is 1. The number of benzene rings is 3. The molecule has 3 aromatic carbocycles. The Balaban J connectivity index is 1.69. The SMILES string of the molecule is COc1cccc(CSc2nnc(-c3ccc([N+](=O)[O-])cc3)n2-c2ccccc2)c1. The monoisotopic (exact) mass is 418 g/mol. The van der Waals surface area contributed by atoms with Crippen molar-refractivity contribution < 1.29 is 9.66 Å². The molecular formula is C22H18N4O3S. The largest absolute Gasteiger partial charge is 0.497 e. The van der Waals surface area contributed by atoms with Crippen LogP contribution in [-0.4, -0.2) is 26.8 Å². The predicted octanol–water partition coefficient (Wildman–Crippen LogP) is 5.14. The minimum Gasteiger partial charge on any atom is -0.497 e. The van der Waals surface area contributed by atoms with Crippen molar-refractivity contribution in [3.63, 3.8) is 0 Å². The van der Waals surface area contributed by atoms with Crippen molar-refractivity contribution in [1.29, 1.82) is 0 Å². The quantitative estimate of drug-likeness (QED) is 0.235. The Morgan fingerprint density at radius 3 is 2.47 bits per heavy atom. The van der Waals surface area contributed by atoms with E-state index in [-0.39, 0.29) is 5.69 Å². The van der Waals surface area contributed by atoms with E-state index in [2.05, 4.69) is 10.2 Å². The van der Waals surface area contributed by atoms with E-state index in [0.29, 0.717) is 11.6 Å². The molecule has 0 radical (unpaired) electrons. The Morgan fingerprint density at radius 2 is 1.77 bits per heavy atom. The van der Waals surface area contributed by atoms with Crippen LogP contribution in [0.25, 0.3) is 17.1 Å². The van der Waals surface area contributed by atoms with Crippen LogP contribution in [0.2, 0.25) is 0 Å². The zero-order chi connectivity index (χ0) is 20.9. The van der Waals surface area contributed by atoms with Crippen LogP contribution in [0.5, 0.6) is 5.75 Å². The van der Waals surface area contributed by atoms with E-state index in [1.165, 1.54) is 12.1 Å². The van der Waals surface area contributed by atoms with Crippen molar-refractivity contribution in [2.45, 2.75) is 10.9 Å². The fraction of sp³-hybridized carbons (Fsp3) is 0.0909. The standard InChI is InChI=1S/C22H18N4O3S/c1-29-20-9-5-6-16(14-20)15-30-22-24-23-21(25(22)18-7-3-2-4-8-18)17-10-12-19(13-11-17)26(27)28/h2-14H,15H2,1H3. The van der Waals surface area contributed by atoms with Gasteiger partial charge in [0.2, 0.25) is 0 Å². The lowest BCUT2D eigenvalue weighted by Gasteiger charge is -2.10. The van der Waals surface area contributed by atoms with E-state index in [1.807, 2.05) is 59.2 Å². The van der Waals surface area contributed by atoms with E-state index in [1.54, 1.807) is 31.0 Å². The van der Waals surface area contributed by atoms with Gasteiger partial charge in [0.05, 0.1) is 12.0 Å². The second kappa shape index (κ2) is 8.79. The van der Waals surface area contributed by atoms with Crippen LogP contribution < -0.4 is 4.74 Å². The number of nitrogens with zero attached hydrogens (tertiary/aromatic N) is 4. The van der Waals surface area contributed by atoms with Crippen molar-refractivity contribution in [2.75, 3.05) is 7.11 Å². The van der Waals surface area contributed by atoms with Gasteiger partial charge >= 0.3 is 0 Å². The number of aromatic nitrogens is 3. The number of ether oxygens (including phenoxy) is 1. The summed E-state index contributed by atoms with van der Waals surface area (Å²) in [6.45, 7) is 0. The summed E-state index contributed by atoms with van der Waals surface area (Å²) in [4.78, 5) is 10.6. The van der Waals surface area contributed by atoms with Crippen molar-refractivity contribution in [2.24, 2.45) is 0 Å². The van der Waals surface area contributed by atoms with Crippen LogP contribution >= 0.6 is 11.8 Å². The van der Waals surface area contributed by atoms with Gasteiger partial charge in [0.1, 0.15) is 5.75 Å². The van der Waals surface area contributed by atoms with E-state index < -0.39 is 4.92 Å². The molecule has 0 saturated carbocycles. The summed E-state index contributed by atoms with van der Waals surface area (Å²) in [5.74, 6) is 2.14. The molecule has 0 atom stereocenters. The van der Waals surface area contributed by atoms with Crippen molar-refractivity contribution >= 4 is 17.4 Å². The first-order chi connectivity index (χ1) is 14.7. The van der Waals surface area contributed by atoms with E-state index in [9.17, 15) is 10.1 Å². The number of para-hydroxylation sites is 1. The Bertz CT molecular complexity index is 1160. The lowest BCUT2D eigenvalue weighted by Crippen LogP contribution is -2.00. The average Bonchev–Trinajstić information content (AvgIpc) is 3.22. The molecule has 4 rings (SSSR count). The third kappa shape index (κ3) is 4.18. The molecule has 0 N–H and O–H groups in total. The number of hydrogen-bond donors (Lipinski definition) is 0. The number of methoxy groups -OCH3 is 1. The molecule has 0 saturated heterocycles. The highest BCUT2D eigenvalue weighted by Crippen LogP contribution is 2.31. The summed E-state index contributed by atoms with van der Waals surface area (Å²) in [6, 6.07) is 24.0. The first-order valence-corrected chi connectivity index (χ1v) is 10.2. The number of non-ortho nitro benzene ring substituents is 1. The highest BCUT2D eigenvalue weighted by atomic mass is 32.2. The summed E-state index contributed by atoms with van der Waals surface area (Å²) in [5.41, 5.74) is 2.82. The molecule has 150 valence electrons. The third-order valence-electron chi connectivity index (χ3n) is 4.49. The molecule has 0 spiro atoms. The second-order valence-corrected chi connectivity index (χ2v) is 7.36. The fourth-order valence-corrected chi connectivity index (χ4v) is 3.90. The molecule has 4 aromatic rings. The van der Waals surface area contributed by atoms with Crippen molar-refractivity contribution in [3.8, 4) is 22.8 Å². The Morgan fingerprint density at radius 1 is 1.00 bits per heavy atom. The van der Waals surface area contributed by atoms with Crippen LogP contribution in [0.3, 0.4) is 0 Å². The summed E-state index contributed by atoms with van der Waals surface area (Å²) in [7, 11) is 1.65. The lowest BCUT2D eigenvalue weighted by atomic mass is 10.2. The Labute approximate surface area is 177 Å². The Hall–Kier alpha value is -3.65. The lowest BCUT2D eigenvalue weighted by molar-refractivity contribution is -0.384. The zero-order valence-electron chi connectivity index (χ0n) is 16.1. The molecule has 0 bridgehead atoms. The van der Waals surface area contributed by atoms with Gasteiger partial charge in [0.25, 0.3) is 5.69 Å². The van der Waals surface area contributed by atoms with Gasteiger partial charge in [-0.1, -0.05) is 42.1 Å². The minimum absolute atomic E-state index is 0.0390. The molecule has 7 nitrogen and oxygen atoms in total. The van der Waals surface area contributed by atoms with Gasteiger partial charge in [-0.3, -0.25) is 14.7 Å². The predicted molar refractivity (Wildman–Crippen MR) is 116 cm³/mol. The van der Waals surface area contributed by atoms with Gasteiger partial charge in [-0.05, 0) is 42.0 Å². The number of rotatable bonds is 7. The maximum absolute atomic E-state index is 11.0. The first kappa shape index (κ1) is 19.7. The van der Waals surface area contributed by atoms with E-state index in [4.69, 9.17) is 4.74 Å². The van der Waals surface area contributed by atoms with Gasteiger partial charge in [-0.15, -0.1) is 10.2 Å². The number of nitro groups is 1. The summed E-state index contributed by atoms with van der Waals surface area (Å²) >= 11 is 1.56. The van der Waals surface area contributed by atoms with E-state index >= 15 is 0 Å². The number of thioether (sulfide) groups is 1. The van der Waals surface area contributed by atoms with E-state index in [0.717, 1.165) is 27.7 Å². The van der Waals surface area contributed by atoms with Gasteiger partial charge in [-0.2, -0.15) is 0 Å². The second-order valence-electron chi connectivity index (χ2n) is 6.42. The van der Waals surface area contributed by atoms with Gasteiger partial charge in [0.15, 0.2) is 11.0 Å². The summed E-state index contributed by atoms with van der Waals surface area (Å²) in [6.07, 6.45) is 0. The highest BCUT2D eigenvalue weighted by molar-refractivity contribution is 7.98. The molecule has 0 amide bonds. The van der Waals surface area contributed by atoms with Gasteiger partial charge < -0.3 is 4.74 Å². The first-order valence-electron chi connectivity index (χ1n) is 9.17. The molecule has 8 heteroatoms. The minimum atomic E-state index is -0.416. The molecule has 0 aliphatic heterocycles. The molecule has 0 aliphatic carbocycles. The molecule has 1 aromatic heterocycles. The maximum atomic E-state index is 11.0. The topological polar surface area (TPSA) is 83.1 Å². The molecule has 0 unspecified atom stereocenters. The third-order valence-corrected chi connectivity index (χ3v) is 5.49. The van der Waals surface area contributed by atoms with Crippen molar-refractivity contribution in [1.82, 2.24) is 14.8 Å². The number of hydrogen-bond acceptors (Lipinski definition) is 6. The van der Waals surface area contributed by atoms with Gasteiger partial charge in [-0.25, -0.2) is 0 Å². The average molecular weight is 418 g/mol. The molecule has 0 fully saturated rings. The molecular weight excluding hydrogens is 400 g/mol. The van der Waals surface area contributed by atoms with Crippen molar-refractivity contribution in [3.05, 3.63) is 94.5 Å². The smallest absolute Gasteiger partial charge is 0.269 e. The summed E-state index contributed by atoms with van der Waals surface area (Å²) in [5, 5.41) is 20.5.